The van der Waals surface area contributed by atoms with E-state index in [9.17, 15) is 13.7 Å². The van der Waals surface area contributed by atoms with Crippen LogP contribution in [0.4, 0.5) is 5.69 Å². The molecule has 1 saturated carbocycles. The van der Waals surface area contributed by atoms with E-state index in [4.69, 9.17) is 9.41 Å². The zero-order chi connectivity index (χ0) is 33.3. The number of sulfonamides is 1. The van der Waals surface area contributed by atoms with Crippen molar-refractivity contribution in [3.63, 3.8) is 0 Å². The Balaban J connectivity index is 1.43. The van der Waals surface area contributed by atoms with Crippen LogP contribution in [0, 0.1) is 11.3 Å². The molecule has 1 unspecified atom stereocenters. The molecule has 248 valence electrons. The molecule has 1 saturated heterocycles. The lowest BCUT2D eigenvalue weighted by atomic mass is 9.89. The summed E-state index contributed by atoms with van der Waals surface area (Å²) in [5, 5.41) is 10.2. The fraction of sp³-hybridized carbons (Fsp3) is 0.611. The number of rotatable bonds is 6. The van der Waals surface area contributed by atoms with Crippen LogP contribution in [0.5, 0.6) is 0 Å². The van der Waals surface area contributed by atoms with Gasteiger partial charge in [-0.3, -0.25) is 4.98 Å². The number of benzene rings is 1. The van der Waals surface area contributed by atoms with Crippen molar-refractivity contribution in [2.75, 3.05) is 18.0 Å². The summed E-state index contributed by atoms with van der Waals surface area (Å²) < 4.78 is 36.8. The number of fused-ring (bicyclic) bond motifs is 2. The van der Waals surface area contributed by atoms with E-state index in [2.05, 4.69) is 63.0 Å². The number of hydrogen-bond donors (Lipinski definition) is 0. The van der Waals surface area contributed by atoms with Gasteiger partial charge in [-0.05, 0) is 101 Å². The third kappa shape index (κ3) is 5.74. The van der Waals surface area contributed by atoms with Crippen LogP contribution in [0.2, 0.25) is 18.1 Å². The summed E-state index contributed by atoms with van der Waals surface area (Å²) >= 11 is 1.74. The second-order valence-electron chi connectivity index (χ2n) is 16.2. The molecule has 1 atom stereocenters. The number of pyridine rings is 1. The molecule has 2 aromatic heterocycles. The van der Waals surface area contributed by atoms with Crippen molar-refractivity contribution in [2.45, 2.75) is 128 Å². The molecule has 0 radical (unpaired) electrons. The maximum Gasteiger partial charge on any atom is 0.219 e. The zero-order valence-electron chi connectivity index (χ0n) is 28.9. The Morgan fingerprint density at radius 1 is 1.09 bits per heavy atom. The maximum atomic E-state index is 14.0. The molecule has 46 heavy (non-hydrogen) atoms. The topological polar surface area (TPSA) is 86.5 Å². The largest absolute Gasteiger partial charge is 0.412 e. The van der Waals surface area contributed by atoms with E-state index in [1.807, 2.05) is 37.3 Å². The number of nitriles is 1. The van der Waals surface area contributed by atoms with Crippen LogP contribution in [0.1, 0.15) is 96.1 Å². The summed E-state index contributed by atoms with van der Waals surface area (Å²) in [5.74, 6) is 0. The standard InChI is InChI=1S/C36H50N4O3S2Si/c1-34(2,3)45(41,42)40-23-27(21-36(40)14-9-10-15-36)39-17-11-12-26-18-25(22-37)19-30(32(26)39)29-13-16-38-31-20-28(44-33(29)31)24-43-46(7,8)35(4,5)6/h13,16,18-20,27H,9-12,14-15,17,21,23-24H2,1-8H3. The van der Waals surface area contributed by atoms with Crippen LogP contribution >= 0.6 is 11.3 Å². The van der Waals surface area contributed by atoms with Gasteiger partial charge in [0.25, 0.3) is 0 Å². The Kier molecular flexibility index (Phi) is 8.54. The molecule has 6 rings (SSSR count). The van der Waals surface area contributed by atoms with E-state index in [1.54, 1.807) is 11.3 Å². The smallest absolute Gasteiger partial charge is 0.219 e. The van der Waals surface area contributed by atoms with Crippen LogP contribution in [0.3, 0.4) is 0 Å². The molecular weight excluding hydrogens is 629 g/mol. The van der Waals surface area contributed by atoms with E-state index in [-0.39, 0.29) is 16.6 Å². The van der Waals surface area contributed by atoms with Gasteiger partial charge >= 0.3 is 0 Å². The monoisotopic (exact) mass is 678 g/mol. The third-order valence-electron chi connectivity index (χ3n) is 11.1. The Bertz CT molecular complexity index is 1790. The highest BCUT2D eigenvalue weighted by Crippen LogP contribution is 2.51. The first kappa shape index (κ1) is 33.6. The Morgan fingerprint density at radius 3 is 2.46 bits per heavy atom. The van der Waals surface area contributed by atoms with E-state index >= 15 is 0 Å². The fourth-order valence-corrected chi connectivity index (χ4v) is 11.4. The molecule has 7 nitrogen and oxygen atoms in total. The van der Waals surface area contributed by atoms with Crippen molar-refractivity contribution in [1.29, 1.82) is 5.26 Å². The first-order valence-corrected chi connectivity index (χ1v) is 22.0. The van der Waals surface area contributed by atoms with Gasteiger partial charge in [-0.1, -0.05) is 33.6 Å². The Labute approximate surface area is 281 Å². The summed E-state index contributed by atoms with van der Waals surface area (Å²) in [5.41, 5.74) is 5.79. The van der Waals surface area contributed by atoms with Gasteiger partial charge in [-0.25, -0.2) is 8.42 Å². The molecule has 0 N–H and O–H groups in total. The highest BCUT2D eigenvalue weighted by Gasteiger charge is 2.56. The van der Waals surface area contributed by atoms with Crippen molar-refractivity contribution in [2.24, 2.45) is 0 Å². The molecule has 2 fully saturated rings. The van der Waals surface area contributed by atoms with E-state index in [0.717, 1.165) is 77.7 Å². The zero-order valence-corrected chi connectivity index (χ0v) is 31.5. The van der Waals surface area contributed by atoms with Gasteiger partial charge < -0.3 is 9.33 Å². The van der Waals surface area contributed by atoms with Crippen LogP contribution in [0.25, 0.3) is 21.3 Å². The third-order valence-corrected chi connectivity index (χ3v) is 19.4. The molecule has 3 aromatic rings. The van der Waals surface area contributed by atoms with Crippen molar-refractivity contribution in [3.05, 3.63) is 46.5 Å². The van der Waals surface area contributed by atoms with Crippen molar-refractivity contribution < 1.29 is 12.8 Å². The lowest BCUT2D eigenvalue weighted by molar-refractivity contribution is 0.241. The molecule has 1 aromatic carbocycles. The number of aromatic nitrogens is 1. The molecule has 1 spiro atoms. The number of nitrogens with zero attached hydrogens (tertiary/aromatic N) is 4. The van der Waals surface area contributed by atoms with Gasteiger partial charge in [0.15, 0.2) is 8.32 Å². The maximum absolute atomic E-state index is 14.0. The van der Waals surface area contributed by atoms with E-state index in [1.165, 1.54) is 11.3 Å². The van der Waals surface area contributed by atoms with Gasteiger partial charge in [0.2, 0.25) is 10.0 Å². The van der Waals surface area contributed by atoms with Gasteiger partial charge in [0.05, 0.1) is 33.2 Å². The van der Waals surface area contributed by atoms with Crippen LogP contribution in [-0.4, -0.2) is 55.4 Å². The van der Waals surface area contributed by atoms with Gasteiger partial charge in [-0.2, -0.15) is 9.57 Å². The fourth-order valence-electron chi connectivity index (χ4n) is 7.52. The SMILES string of the molecule is CC(C)(C)[Si](C)(C)OCc1cc2nccc(-c3cc(C#N)cc4c3N(C3CN(S(=O)(=O)C(C)(C)C)C5(CCCC5)C3)CCC4)c2s1. The minimum atomic E-state index is -3.49. The summed E-state index contributed by atoms with van der Waals surface area (Å²) in [4.78, 5) is 8.42. The van der Waals surface area contributed by atoms with Crippen LogP contribution < -0.4 is 4.90 Å². The first-order chi connectivity index (χ1) is 21.5. The lowest BCUT2D eigenvalue weighted by Crippen LogP contribution is -2.51. The van der Waals surface area contributed by atoms with E-state index < -0.39 is 23.1 Å². The number of thiophene rings is 1. The second kappa shape index (κ2) is 11.7. The second-order valence-corrected chi connectivity index (χ2v) is 24.8. The molecular formula is C36H50N4O3S2Si. The molecule has 0 bridgehead atoms. The lowest BCUT2D eigenvalue weighted by Gasteiger charge is -2.38. The minimum absolute atomic E-state index is 0.0789. The average molecular weight is 679 g/mol. The molecule has 4 heterocycles. The molecule has 2 aliphatic heterocycles. The summed E-state index contributed by atoms with van der Waals surface area (Å²) in [6.07, 6.45) is 8.62. The number of anilines is 1. The number of hydrogen-bond acceptors (Lipinski definition) is 7. The Hall–Kier alpha value is -2.29. The van der Waals surface area contributed by atoms with Gasteiger partial charge in [0, 0.05) is 52.6 Å². The highest BCUT2D eigenvalue weighted by atomic mass is 32.2. The molecule has 0 amide bonds. The number of aryl methyl sites for hydroxylation is 1. The average Bonchev–Trinajstić information content (AvgIpc) is 3.73. The molecule has 3 aliphatic rings. The highest BCUT2D eigenvalue weighted by molar-refractivity contribution is 7.90. The molecule has 1 aliphatic carbocycles. The van der Waals surface area contributed by atoms with Gasteiger partial charge in [0.1, 0.15) is 0 Å². The molecule has 10 heteroatoms. The predicted octanol–water partition coefficient (Wildman–Crippen LogP) is 8.62. The van der Waals surface area contributed by atoms with Crippen LogP contribution in [-0.2, 0) is 27.5 Å². The van der Waals surface area contributed by atoms with Crippen LogP contribution in [0.15, 0.2) is 30.5 Å². The summed E-state index contributed by atoms with van der Waals surface area (Å²) in [7, 11) is -5.41. The quantitative estimate of drug-likeness (QED) is 0.243. The summed E-state index contributed by atoms with van der Waals surface area (Å²) in [6, 6.07) is 10.8. The minimum Gasteiger partial charge on any atom is -0.412 e. The Morgan fingerprint density at radius 2 is 1.80 bits per heavy atom. The van der Waals surface area contributed by atoms with Crippen molar-refractivity contribution in [1.82, 2.24) is 9.29 Å². The van der Waals surface area contributed by atoms with Crippen molar-refractivity contribution in [3.8, 4) is 17.2 Å². The normalized spacial score (nSPS) is 20.8. The van der Waals surface area contributed by atoms with Crippen molar-refractivity contribution >= 4 is 45.6 Å². The predicted molar refractivity (Wildman–Crippen MR) is 192 cm³/mol. The van der Waals surface area contributed by atoms with Gasteiger partial charge in [-0.15, -0.1) is 11.3 Å². The first-order valence-electron chi connectivity index (χ1n) is 16.9. The van der Waals surface area contributed by atoms with E-state index in [0.29, 0.717) is 18.7 Å². The summed E-state index contributed by atoms with van der Waals surface area (Å²) in [6.45, 7) is 18.8.